The Balaban J connectivity index is 1.54. The molecule has 2 aromatic carbocycles. The lowest BCUT2D eigenvalue weighted by atomic mass is 10.1. The molecule has 25 heavy (non-hydrogen) atoms. The Morgan fingerprint density at radius 2 is 1.76 bits per heavy atom. The third-order valence-electron chi connectivity index (χ3n) is 4.32. The molecule has 5 heteroatoms. The van der Waals surface area contributed by atoms with Gasteiger partial charge in [0.25, 0.3) is 0 Å². The molecule has 1 saturated heterocycles. The Morgan fingerprint density at radius 3 is 2.48 bits per heavy atom. The van der Waals surface area contributed by atoms with E-state index in [1.807, 2.05) is 30.3 Å². The molecule has 1 fully saturated rings. The van der Waals surface area contributed by atoms with Crippen molar-refractivity contribution in [2.75, 3.05) is 19.7 Å². The molecule has 0 spiro atoms. The first kappa shape index (κ1) is 17.6. The minimum atomic E-state index is -0.106. The summed E-state index contributed by atoms with van der Waals surface area (Å²) in [4.78, 5) is 26.4. The number of morpholine rings is 1. The molecule has 1 aliphatic heterocycles. The summed E-state index contributed by atoms with van der Waals surface area (Å²) in [5, 5.41) is 0.591. The zero-order valence-corrected chi connectivity index (χ0v) is 14.6. The molecule has 1 atom stereocenters. The maximum atomic E-state index is 12.5. The molecule has 0 saturated carbocycles. The van der Waals surface area contributed by atoms with Gasteiger partial charge in [-0.1, -0.05) is 41.9 Å². The molecular formula is C20H20ClNO3. The van der Waals surface area contributed by atoms with E-state index in [1.165, 1.54) is 0 Å². The van der Waals surface area contributed by atoms with Gasteiger partial charge in [0.1, 0.15) is 6.10 Å². The highest BCUT2D eigenvalue weighted by atomic mass is 35.5. The summed E-state index contributed by atoms with van der Waals surface area (Å²) >= 11 is 5.83. The van der Waals surface area contributed by atoms with Gasteiger partial charge in [-0.2, -0.15) is 0 Å². The summed E-state index contributed by atoms with van der Waals surface area (Å²) in [6.45, 7) is 1.60. The van der Waals surface area contributed by atoms with Crippen molar-refractivity contribution in [1.29, 1.82) is 0 Å². The van der Waals surface area contributed by atoms with Crippen molar-refractivity contribution >= 4 is 23.3 Å². The number of hydrogen-bond acceptors (Lipinski definition) is 3. The zero-order valence-electron chi connectivity index (χ0n) is 13.9. The molecule has 1 heterocycles. The van der Waals surface area contributed by atoms with Crippen molar-refractivity contribution in [3.8, 4) is 0 Å². The van der Waals surface area contributed by atoms with Crippen LogP contribution in [0.1, 0.15) is 34.9 Å². The van der Waals surface area contributed by atoms with Crippen LogP contribution in [0.25, 0.3) is 0 Å². The van der Waals surface area contributed by atoms with Crippen LogP contribution in [0.3, 0.4) is 0 Å². The van der Waals surface area contributed by atoms with Gasteiger partial charge in [-0.15, -0.1) is 0 Å². The van der Waals surface area contributed by atoms with Gasteiger partial charge in [-0.05, 0) is 29.8 Å². The number of nitrogens with zero attached hydrogens (tertiary/aromatic N) is 1. The van der Waals surface area contributed by atoms with Crippen LogP contribution < -0.4 is 0 Å². The van der Waals surface area contributed by atoms with Crippen LogP contribution in [-0.4, -0.2) is 36.3 Å². The number of carbonyl (C=O) groups is 2. The van der Waals surface area contributed by atoms with E-state index in [4.69, 9.17) is 16.3 Å². The van der Waals surface area contributed by atoms with Crippen LogP contribution in [0.15, 0.2) is 54.6 Å². The maximum Gasteiger partial charge on any atom is 0.223 e. The van der Waals surface area contributed by atoms with Crippen LogP contribution >= 0.6 is 11.6 Å². The highest BCUT2D eigenvalue weighted by Gasteiger charge is 2.25. The van der Waals surface area contributed by atoms with Crippen molar-refractivity contribution < 1.29 is 14.3 Å². The van der Waals surface area contributed by atoms with Gasteiger partial charge in [-0.25, -0.2) is 0 Å². The number of benzene rings is 2. The van der Waals surface area contributed by atoms with E-state index in [2.05, 4.69) is 0 Å². The molecule has 1 amide bonds. The second kappa shape index (κ2) is 8.28. The van der Waals surface area contributed by atoms with Crippen LogP contribution in [0.2, 0.25) is 5.02 Å². The topological polar surface area (TPSA) is 46.6 Å². The number of halogens is 1. The van der Waals surface area contributed by atoms with E-state index >= 15 is 0 Å². The number of ketones is 1. The zero-order chi connectivity index (χ0) is 17.6. The second-order valence-corrected chi connectivity index (χ2v) is 6.48. The van der Waals surface area contributed by atoms with Gasteiger partial charge in [-0.3, -0.25) is 9.59 Å². The predicted molar refractivity (Wildman–Crippen MR) is 96.7 cm³/mol. The molecule has 1 aliphatic rings. The number of carbonyl (C=O) groups excluding carboxylic acids is 2. The maximum absolute atomic E-state index is 12.5. The van der Waals surface area contributed by atoms with Crippen molar-refractivity contribution in [3.05, 3.63) is 70.7 Å². The van der Waals surface area contributed by atoms with Crippen LogP contribution in [0, 0.1) is 0 Å². The molecule has 4 nitrogen and oxygen atoms in total. The van der Waals surface area contributed by atoms with Gasteiger partial charge in [0.15, 0.2) is 5.78 Å². The molecule has 3 rings (SSSR count). The molecule has 0 N–H and O–H groups in total. The standard InChI is InChI=1S/C20H20ClNO3/c21-17-8-6-15(7-9-17)18(23)10-11-20(24)22-12-13-25-19(14-22)16-4-2-1-3-5-16/h1-9,19H,10-14H2. The number of amides is 1. The van der Waals surface area contributed by atoms with Gasteiger partial charge < -0.3 is 9.64 Å². The fraction of sp³-hybridized carbons (Fsp3) is 0.300. The number of hydrogen-bond donors (Lipinski definition) is 0. The summed E-state index contributed by atoms with van der Waals surface area (Å²) in [5.41, 5.74) is 1.65. The third-order valence-corrected chi connectivity index (χ3v) is 4.57. The smallest absolute Gasteiger partial charge is 0.223 e. The monoisotopic (exact) mass is 357 g/mol. The largest absolute Gasteiger partial charge is 0.370 e. The molecule has 1 unspecified atom stereocenters. The average Bonchev–Trinajstić information content (AvgIpc) is 2.67. The van der Waals surface area contributed by atoms with Crippen LogP contribution in [0.4, 0.5) is 0 Å². The number of Topliss-reactive ketones (excluding diaryl/α,β-unsaturated/α-hetero) is 1. The average molecular weight is 358 g/mol. The Kier molecular flexibility index (Phi) is 5.84. The van der Waals surface area contributed by atoms with Crippen LogP contribution in [-0.2, 0) is 9.53 Å². The molecule has 0 aliphatic carbocycles. The molecule has 2 aromatic rings. The lowest BCUT2D eigenvalue weighted by molar-refractivity contribution is -0.139. The van der Waals surface area contributed by atoms with E-state index in [9.17, 15) is 9.59 Å². The lowest BCUT2D eigenvalue weighted by Crippen LogP contribution is -2.42. The number of ether oxygens (including phenoxy) is 1. The number of rotatable bonds is 5. The first-order valence-electron chi connectivity index (χ1n) is 8.36. The van der Waals surface area contributed by atoms with E-state index in [0.717, 1.165) is 5.56 Å². The SMILES string of the molecule is O=C(CCC(=O)N1CCOC(c2ccccc2)C1)c1ccc(Cl)cc1. The lowest BCUT2D eigenvalue weighted by Gasteiger charge is -2.33. The summed E-state index contributed by atoms with van der Waals surface area (Å²) in [7, 11) is 0. The predicted octanol–water partition coefficient (Wildman–Crippen LogP) is 3.90. The van der Waals surface area contributed by atoms with E-state index < -0.39 is 0 Å². The first-order chi connectivity index (χ1) is 12.1. The van der Waals surface area contributed by atoms with Crippen molar-refractivity contribution in [2.24, 2.45) is 0 Å². The Labute approximate surface area is 152 Å². The van der Waals surface area contributed by atoms with E-state index in [0.29, 0.717) is 30.3 Å². The minimum Gasteiger partial charge on any atom is -0.370 e. The molecule has 130 valence electrons. The fourth-order valence-corrected chi connectivity index (χ4v) is 3.03. The van der Waals surface area contributed by atoms with E-state index in [-0.39, 0.29) is 30.6 Å². The van der Waals surface area contributed by atoms with Crippen molar-refractivity contribution in [1.82, 2.24) is 4.90 Å². The molecule has 0 bridgehead atoms. The first-order valence-corrected chi connectivity index (χ1v) is 8.74. The van der Waals surface area contributed by atoms with E-state index in [1.54, 1.807) is 29.2 Å². The van der Waals surface area contributed by atoms with Gasteiger partial charge in [0.2, 0.25) is 5.91 Å². The molecular weight excluding hydrogens is 338 g/mol. The molecule has 0 aromatic heterocycles. The summed E-state index contributed by atoms with van der Waals surface area (Å²) in [6, 6.07) is 16.6. The van der Waals surface area contributed by atoms with Gasteiger partial charge in [0, 0.05) is 30.0 Å². The van der Waals surface area contributed by atoms with Gasteiger partial charge >= 0.3 is 0 Å². The second-order valence-electron chi connectivity index (χ2n) is 6.04. The quantitative estimate of drug-likeness (QED) is 0.762. The third kappa shape index (κ3) is 4.68. The normalized spacial score (nSPS) is 17.3. The Bertz CT molecular complexity index is 730. The highest BCUT2D eigenvalue weighted by molar-refractivity contribution is 6.30. The van der Waals surface area contributed by atoms with Crippen molar-refractivity contribution in [2.45, 2.75) is 18.9 Å². The van der Waals surface area contributed by atoms with Gasteiger partial charge in [0.05, 0.1) is 13.2 Å². The fourth-order valence-electron chi connectivity index (χ4n) is 2.90. The summed E-state index contributed by atoms with van der Waals surface area (Å²) in [5.74, 6) is -0.0515. The van der Waals surface area contributed by atoms with Crippen LogP contribution in [0.5, 0.6) is 0 Å². The van der Waals surface area contributed by atoms with Crippen molar-refractivity contribution in [3.63, 3.8) is 0 Å². The Morgan fingerprint density at radius 1 is 1.04 bits per heavy atom. The minimum absolute atomic E-state index is 0.00783. The summed E-state index contributed by atoms with van der Waals surface area (Å²) < 4.78 is 5.78. The molecule has 0 radical (unpaired) electrons. The highest BCUT2D eigenvalue weighted by Crippen LogP contribution is 2.22. The summed E-state index contributed by atoms with van der Waals surface area (Å²) in [6.07, 6.45) is 0.308. The Hall–Kier alpha value is -2.17.